The molecule has 0 saturated heterocycles. The van der Waals surface area contributed by atoms with Crippen LogP contribution in [0.5, 0.6) is 0 Å². The second-order valence-electron chi connectivity index (χ2n) is 9.69. The predicted molar refractivity (Wildman–Crippen MR) is 112 cm³/mol. The van der Waals surface area contributed by atoms with Crippen LogP contribution in [0.25, 0.3) is 0 Å². The van der Waals surface area contributed by atoms with Crippen molar-refractivity contribution < 1.29 is 19.1 Å². The fourth-order valence-electron chi connectivity index (χ4n) is 5.31. The quantitative estimate of drug-likeness (QED) is 0.464. The van der Waals surface area contributed by atoms with Gasteiger partial charge in [0.25, 0.3) is 0 Å². The maximum absolute atomic E-state index is 12.0. The molecule has 4 heteroatoms. The van der Waals surface area contributed by atoms with E-state index in [-0.39, 0.29) is 35.3 Å². The highest BCUT2D eigenvalue weighted by molar-refractivity contribution is 5.67. The van der Waals surface area contributed by atoms with Gasteiger partial charge in [-0.15, -0.1) is 0 Å². The van der Waals surface area contributed by atoms with Gasteiger partial charge in [0, 0.05) is 32.1 Å². The topological polar surface area (TPSA) is 52.6 Å². The number of allylic oxidation sites excluding steroid dienone is 3. The zero-order valence-corrected chi connectivity index (χ0v) is 18.7. The molecule has 5 atom stereocenters. The molecule has 1 fully saturated rings. The first-order chi connectivity index (χ1) is 12.9. The van der Waals surface area contributed by atoms with Gasteiger partial charge in [-0.3, -0.25) is 9.59 Å². The van der Waals surface area contributed by atoms with Crippen LogP contribution >= 0.6 is 0 Å². The van der Waals surface area contributed by atoms with Crippen molar-refractivity contribution in [3.63, 3.8) is 0 Å². The smallest absolute Gasteiger partial charge is 0.303 e. The zero-order chi connectivity index (χ0) is 21.1. The number of ether oxygens (including phenoxy) is 2. The molecule has 0 N–H and O–H groups in total. The number of fused-ring (bicyclic) bond motifs is 1. The minimum absolute atomic E-state index is 0.0932. The highest BCUT2D eigenvalue weighted by Gasteiger charge is 2.54. The summed E-state index contributed by atoms with van der Waals surface area (Å²) in [6.07, 6.45) is 11.6. The molecule has 0 aromatic heterocycles. The maximum Gasteiger partial charge on any atom is 0.303 e. The fraction of sp³-hybridized carbons (Fsp3) is 0.750. The summed E-state index contributed by atoms with van der Waals surface area (Å²) < 4.78 is 11.7. The van der Waals surface area contributed by atoms with E-state index in [9.17, 15) is 9.59 Å². The monoisotopic (exact) mass is 390 g/mol. The van der Waals surface area contributed by atoms with Crippen LogP contribution in [0.4, 0.5) is 0 Å². The van der Waals surface area contributed by atoms with Crippen LogP contribution in [-0.4, -0.2) is 23.6 Å². The predicted octanol–water partition coefficient (Wildman–Crippen LogP) is 5.61. The highest BCUT2D eigenvalue weighted by atomic mass is 16.6. The molecule has 0 aliphatic heterocycles. The van der Waals surface area contributed by atoms with E-state index in [1.54, 1.807) is 0 Å². The van der Waals surface area contributed by atoms with E-state index in [2.05, 4.69) is 39.0 Å². The van der Waals surface area contributed by atoms with Crippen molar-refractivity contribution in [2.75, 3.05) is 0 Å². The van der Waals surface area contributed by atoms with Crippen molar-refractivity contribution in [1.82, 2.24) is 0 Å². The third kappa shape index (κ3) is 5.48. The van der Waals surface area contributed by atoms with E-state index >= 15 is 0 Å². The summed E-state index contributed by atoms with van der Waals surface area (Å²) in [4.78, 5) is 23.7. The minimum atomic E-state index is -0.607. The van der Waals surface area contributed by atoms with Gasteiger partial charge in [-0.05, 0) is 57.8 Å². The molecule has 0 aromatic rings. The molecular weight excluding hydrogens is 352 g/mol. The van der Waals surface area contributed by atoms with Crippen molar-refractivity contribution in [3.8, 4) is 0 Å². The zero-order valence-electron chi connectivity index (χ0n) is 18.7. The average Bonchev–Trinajstić information content (AvgIpc) is 2.88. The Balaban J connectivity index is 2.52. The number of carbonyl (C=O) groups excluding carboxylic acids is 2. The summed E-state index contributed by atoms with van der Waals surface area (Å²) in [6.45, 7) is 13.6. The standard InChI is InChI=1S/C24H38O4/c1-16-9-8-10-17(2)15-21(27-18(3)25)22-20(23(5,6)28-19(4)26)12-14-24(22,7)13-11-16/h10-11,13,16,20-22H,8-9,12,14-15H2,1-7H3. The summed E-state index contributed by atoms with van der Waals surface area (Å²) in [7, 11) is 0. The average molecular weight is 391 g/mol. The Morgan fingerprint density at radius 1 is 1.18 bits per heavy atom. The Hall–Kier alpha value is -1.58. The van der Waals surface area contributed by atoms with E-state index in [1.807, 2.05) is 13.8 Å². The second-order valence-corrected chi connectivity index (χ2v) is 9.69. The number of rotatable bonds is 3. The molecule has 0 spiro atoms. The van der Waals surface area contributed by atoms with Crippen molar-refractivity contribution in [1.29, 1.82) is 0 Å². The van der Waals surface area contributed by atoms with Gasteiger partial charge in [0.15, 0.2) is 0 Å². The SMILES string of the molecule is CC(=O)OC1CC(C)=CCCC(C)C=CC2(C)CCC(C(C)(C)OC(C)=O)C12. The third-order valence-electron chi connectivity index (χ3n) is 6.65. The first-order valence-corrected chi connectivity index (χ1v) is 10.7. The first-order valence-electron chi connectivity index (χ1n) is 10.7. The van der Waals surface area contributed by atoms with Gasteiger partial charge in [-0.1, -0.05) is 37.6 Å². The number of hydrogen-bond donors (Lipinski definition) is 0. The van der Waals surface area contributed by atoms with E-state index in [4.69, 9.17) is 9.47 Å². The Labute approximate surface area is 170 Å². The highest BCUT2D eigenvalue weighted by Crippen LogP contribution is 2.55. The summed E-state index contributed by atoms with van der Waals surface area (Å²) in [5.41, 5.74) is 0.559. The van der Waals surface area contributed by atoms with E-state index in [0.717, 1.165) is 32.1 Å². The summed E-state index contributed by atoms with van der Waals surface area (Å²) in [5, 5.41) is 0. The van der Waals surface area contributed by atoms with Crippen LogP contribution in [0.3, 0.4) is 0 Å². The van der Waals surface area contributed by atoms with Crippen LogP contribution in [0, 0.1) is 23.2 Å². The summed E-state index contributed by atoms with van der Waals surface area (Å²) in [6, 6.07) is 0. The van der Waals surface area contributed by atoms with Gasteiger partial charge >= 0.3 is 11.9 Å². The van der Waals surface area contributed by atoms with Crippen molar-refractivity contribution in [2.45, 2.75) is 92.3 Å². The van der Waals surface area contributed by atoms with Crippen molar-refractivity contribution >= 4 is 11.9 Å². The van der Waals surface area contributed by atoms with Gasteiger partial charge in [0.05, 0.1) is 0 Å². The molecule has 158 valence electrons. The van der Waals surface area contributed by atoms with Gasteiger partial charge in [-0.25, -0.2) is 0 Å². The molecular formula is C24H38O4. The molecule has 0 heterocycles. The maximum atomic E-state index is 12.0. The second kappa shape index (κ2) is 8.84. The van der Waals surface area contributed by atoms with E-state index in [0.29, 0.717) is 5.92 Å². The van der Waals surface area contributed by atoms with Crippen LogP contribution in [0.15, 0.2) is 23.8 Å². The van der Waals surface area contributed by atoms with Crippen LogP contribution in [0.1, 0.15) is 80.6 Å². The van der Waals surface area contributed by atoms with Crippen LogP contribution < -0.4 is 0 Å². The molecule has 2 rings (SSSR count). The van der Waals surface area contributed by atoms with Crippen LogP contribution in [0.2, 0.25) is 0 Å². The fourth-order valence-corrected chi connectivity index (χ4v) is 5.31. The largest absolute Gasteiger partial charge is 0.462 e. The molecule has 2 aliphatic rings. The lowest BCUT2D eigenvalue weighted by Crippen LogP contribution is -2.46. The molecule has 4 nitrogen and oxygen atoms in total. The minimum Gasteiger partial charge on any atom is -0.462 e. The van der Waals surface area contributed by atoms with Gasteiger partial charge in [0.2, 0.25) is 0 Å². The first kappa shape index (κ1) is 22.7. The molecule has 5 unspecified atom stereocenters. The summed E-state index contributed by atoms with van der Waals surface area (Å²) >= 11 is 0. The van der Waals surface area contributed by atoms with Gasteiger partial charge < -0.3 is 9.47 Å². The normalized spacial score (nSPS) is 34.0. The molecule has 1 saturated carbocycles. The van der Waals surface area contributed by atoms with E-state index < -0.39 is 5.60 Å². The number of hydrogen-bond acceptors (Lipinski definition) is 4. The molecule has 28 heavy (non-hydrogen) atoms. The lowest BCUT2D eigenvalue weighted by Gasteiger charge is -2.42. The summed E-state index contributed by atoms with van der Waals surface area (Å²) in [5.74, 6) is 0.213. The van der Waals surface area contributed by atoms with Crippen LogP contribution in [-0.2, 0) is 19.1 Å². The van der Waals surface area contributed by atoms with E-state index in [1.165, 1.54) is 19.4 Å². The lowest BCUT2D eigenvalue weighted by atomic mass is 9.68. The Morgan fingerprint density at radius 3 is 2.46 bits per heavy atom. The Kier molecular flexibility index (Phi) is 7.17. The number of carbonyl (C=O) groups is 2. The lowest BCUT2D eigenvalue weighted by molar-refractivity contribution is -0.168. The van der Waals surface area contributed by atoms with Gasteiger partial charge in [-0.2, -0.15) is 0 Å². The molecule has 0 amide bonds. The molecule has 0 bridgehead atoms. The number of esters is 2. The molecule has 0 radical (unpaired) electrons. The molecule has 0 aromatic carbocycles. The Bertz CT molecular complexity index is 645. The third-order valence-corrected chi connectivity index (χ3v) is 6.65. The van der Waals surface area contributed by atoms with Crippen molar-refractivity contribution in [3.05, 3.63) is 23.8 Å². The van der Waals surface area contributed by atoms with Gasteiger partial charge in [0.1, 0.15) is 11.7 Å². The molecule has 2 aliphatic carbocycles. The van der Waals surface area contributed by atoms with Crippen molar-refractivity contribution in [2.24, 2.45) is 23.2 Å². The Morgan fingerprint density at radius 2 is 1.86 bits per heavy atom.